The molecule has 0 spiro atoms. The van der Waals surface area contributed by atoms with Crippen molar-refractivity contribution in [3.05, 3.63) is 28.0 Å². The molecule has 0 radical (unpaired) electrons. The fourth-order valence-corrected chi connectivity index (χ4v) is 2.90. The van der Waals surface area contributed by atoms with Gasteiger partial charge in [-0.25, -0.2) is 4.98 Å². The Morgan fingerprint density at radius 1 is 1.53 bits per heavy atom. The fourth-order valence-electron chi connectivity index (χ4n) is 1.27. The smallest absolute Gasteiger partial charge is 0.316 e. The Morgan fingerprint density at radius 2 is 2.18 bits per heavy atom. The van der Waals surface area contributed by atoms with Gasteiger partial charge in [0.1, 0.15) is 10.4 Å². The third-order valence-electron chi connectivity index (χ3n) is 2.16. The number of carboxylic acids is 1. The molecule has 0 aromatic carbocycles. The second-order valence-corrected chi connectivity index (χ2v) is 5.84. The van der Waals surface area contributed by atoms with E-state index in [9.17, 15) is 4.79 Å². The van der Waals surface area contributed by atoms with Gasteiger partial charge in [0.25, 0.3) is 0 Å². The van der Waals surface area contributed by atoms with Gasteiger partial charge in [-0.1, -0.05) is 37.0 Å². The van der Waals surface area contributed by atoms with Gasteiger partial charge in [0.05, 0.1) is 0 Å². The van der Waals surface area contributed by atoms with Crippen LogP contribution in [0.15, 0.2) is 12.3 Å². The monoisotopic (exact) mass is 293 g/mol. The zero-order chi connectivity index (χ0) is 13.0. The summed E-state index contributed by atoms with van der Waals surface area (Å²) in [4.78, 5) is 14.9. The normalized spacial score (nSPS) is 12.8. The van der Waals surface area contributed by atoms with Crippen LogP contribution in [0.2, 0.25) is 10.2 Å². The predicted octanol–water partition coefficient (Wildman–Crippen LogP) is 3.73. The first-order valence-electron chi connectivity index (χ1n) is 5.06. The molecule has 1 N–H and O–H groups in total. The molecular weight excluding hydrogens is 281 g/mol. The molecule has 3 nitrogen and oxygen atoms in total. The maximum absolute atomic E-state index is 11.0. The average molecular weight is 294 g/mol. The SMILES string of the molecule is CC(C)C(SCc1cnc(Cl)cc1Cl)C(=O)O. The Balaban J connectivity index is 2.69. The van der Waals surface area contributed by atoms with Gasteiger partial charge in [-0.05, 0) is 17.5 Å². The largest absolute Gasteiger partial charge is 0.480 e. The van der Waals surface area contributed by atoms with Gasteiger partial charge in [-0.3, -0.25) is 4.79 Å². The molecule has 0 aliphatic rings. The molecule has 0 amide bonds. The summed E-state index contributed by atoms with van der Waals surface area (Å²) >= 11 is 13.0. The summed E-state index contributed by atoms with van der Waals surface area (Å²) in [6.07, 6.45) is 1.58. The molecular formula is C11H13Cl2NO2S. The van der Waals surface area contributed by atoms with Crippen molar-refractivity contribution in [2.45, 2.75) is 24.9 Å². The molecule has 0 bridgehead atoms. The summed E-state index contributed by atoms with van der Waals surface area (Å²) in [5, 5.41) is 9.46. The zero-order valence-corrected chi connectivity index (χ0v) is 11.8. The standard InChI is InChI=1S/C11H13Cl2NO2S/c1-6(2)10(11(15)16)17-5-7-4-14-9(13)3-8(7)12/h3-4,6,10H,5H2,1-2H3,(H,15,16). The molecule has 0 aliphatic heterocycles. The van der Waals surface area contributed by atoms with Crippen LogP contribution >= 0.6 is 35.0 Å². The van der Waals surface area contributed by atoms with Crippen molar-refractivity contribution in [3.8, 4) is 0 Å². The number of hydrogen-bond acceptors (Lipinski definition) is 3. The lowest BCUT2D eigenvalue weighted by atomic mass is 10.1. The molecule has 0 saturated carbocycles. The Hall–Kier alpha value is -0.450. The number of pyridine rings is 1. The lowest BCUT2D eigenvalue weighted by Crippen LogP contribution is -2.22. The van der Waals surface area contributed by atoms with Crippen molar-refractivity contribution >= 4 is 40.9 Å². The van der Waals surface area contributed by atoms with Crippen LogP contribution in [0.25, 0.3) is 0 Å². The van der Waals surface area contributed by atoms with Crippen molar-refractivity contribution in [2.75, 3.05) is 0 Å². The van der Waals surface area contributed by atoms with Gasteiger partial charge >= 0.3 is 5.97 Å². The number of thioether (sulfide) groups is 1. The Bertz CT molecular complexity index is 412. The quantitative estimate of drug-likeness (QED) is 0.841. The summed E-state index contributed by atoms with van der Waals surface area (Å²) in [7, 11) is 0. The predicted molar refractivity (Wildman–Crippen MR) is 71.8 cm³/mol. The summed E-state index contributed by atoms with van der Waals surface area (Å²) in [5.41, 5.74) is 0.799. The van der Waals surface area contributed by atoms with E-state index in [0.29, 0.717) is 15.9 Å². The molecule has 1 heterocycles. The van der Waals surface area contributed by atoms with Crippen LogP contribution in [0.3, 0.4) is 0 Å². The third kappa shape index (κ3) is 4.37. The highest BCUT2D eigenvalue weighted by molar-refractivity contribution is 7.99. The van der Waals surface area contributed by atoms with Gasteiger partial charge in [0.15, 0.2) is 0 Å². The maximum Gasteiger partial charge on any atom is 0.316 e. The highest BCUT2D eigenvalue weighted by atomic mass is 35.5. The Morgan fingerprint density at radius 3 is 2.65 bits per heavy atom. The minimum absolute atomic E-state index is 0.0662. The Kier molecular flexibility index (Phi) is 5.56. The average Bonchev–Trinajstić information content (AvgIpc) is 2.20. The topological polar surface area (TPSA) is 50.2 Å². The molecule has 1 aromatic heterocycles. The van der Waals surface area contributed by atoms with Gasteiger partial charge in [-0.2, -0.15) is 0 Å². The van der Waals surface area contributed by atoms with Crippen molar-refractivity contribution < 1.29 is 9.90 Å². The minimum atomic E-state index is -0.803. The van der Waals surface area contributed by atoms with E-state index >= 15 is 0 Å². The van der Waals surface area contributed by atoms with E-state index in [1.54, 1.807) is 12.3 Å². The molecule has 0 aliphatic carbocycles. The van der Waals surface area contributed by atoms with Gasteiger partial charge < -0.3 is 5.11 Å². The first kappa shape index (κ1) is 14.6. The lowest BCUT2D eigenvalue weighted by Gasteiger charge is -2.15. The zero-order valence-electron chi connectivity index (χ0n) is 9.48. The van der Waals surface area contributed by atoms with E-state index in [2.05, 4.69) is 4.98 Å². The highest BCUT2D eigenvalue weighted by Gasteiger charge is 2.22. The van der Waals surface area contributed by atoms with Crippen molar-refractivity contribution in [1.29, 1.82) is 0 Å². The van der Waals surface area contributed by atoms with E-state index in [-0.39, 0.29) is 5.92 Å². The Labute approximate surface area is 115 Å². The molecule has 1 unspecified atom stereocenters. The minimum Gasteiger partial charge on any atom is -0.480 e. The lowest BCUT2D eigenvalue weighted by molar-refractivity contribution is -0.137. The number of carboxylic acid groups (broad SMARTS) is 1. The number of carbonyl (C=O) groups is 1. The van der Waals surface area contributed by atoms with Crippen molar-refractivity contribution in [1.82, 2.24) is 4.98 Å². The number of rotatable bonds is 5. The van der Waals surface area contributed by atoms with Gasteiger partial charge in [-0.15, -0.1) is 11.8 Å². The van der Waals surface area contributed by atoms with Crippen LogP contribution in [0.5, 0.6) is 0 Å². The third-order valence-corrected chi connectivity index (χ3v) is 4.30. The van der Waals surface area contributed by atoms with Crippen LogP contribution < -0.4 is 0 Å². The van der Waals surface area contributed by atoms with Gasteiger partial charge in [0.2, 0.25) is 0 Å². The summed E-state index contributed by atoms with van der Waals surface area (Å²) in [6, 6.07) is 1.56. The number of aromatic nitrogens is 1. The number of nitrogens with zero attached hydrogens (tertiary/aromatic N) is 1. The molecule has 94 valence electrons. The van der Waals surface area contributed by atoms with Crippen molar-refractivity contribution in [2.24, 2.45) is 5.92 Å². The number of hydrogen-bond donors (Lipinski definition) is 1. The van der Waals surface area contributed by atoms with Crippen LogP contribution in [-0.2, 0) is 10.5 Å². The number of halogens is 2. The summed E-state index contributed by atoms with van der Waals surface area (Å²) in [5.74, 6) is -0.224. The van der Waals surface area contributed by atoms with E-state index in [4.69, 9.17) is 28.3 Å². The first-order valence-corrected chi connectivity index (χ1v) is 6.86. The highest BCUT2D eigenvalue weighted by Crippen LogP contribution is 2.28. The second kappa shape index (κ2) is 6.47. The van der Waals surface area contributed by atoms with Crippen LogP contribution in [0, 0.1) is 5.92 Å². The van der Waals surface area contributed by atoms with E-state index in [1.807, 2.05) is 13.8 Å². The summed E-state index contributed by atoms with van der Waals surface area (Å²) in [6.45, 7) is 3.76. The van der Waals surface area contributed by atoms with E-state index in [0.717, 1.165) is 5.56 Å². The van der Waals surface area contributed by atoms with Crippen LogP contribution in [0.1, 0.15) is 19.4 Å². The van der Waals surface area contributed by atoms with Gasteiger partial charge in [0, 0.05) is 17.0 Å². The second-order valence-electron chi connectivity index (χ2n) is 3.91. The molecule has 1 rings (SSSR count). The molecule has 0 fully saturated rings. The molecule has 17 heavy (non-hydrogen) atoms. The molecule has 1 atom stereocenters. The first-order chi connectivity index (χ1) is 7.91. The summed E-state index contributed by atoms with van der Waals surface area (Å²) < 4.78 is 0. The number of aliphatic carboxylic acids is 1. The van der Waals surface area contributed by atoms with Crippen LogP contribution in [0.4, 0.5) is 0 Å². The van der Waals surface area contributed by atoms with E-state index < -0.39 is 11.2 Å². The fraction of sp³-hybridized carbons (Fsp3) is 0.455. The van der Waals surface area contributed by atoms with Crippen molar-refractivity contribution in [3.63, 3.8) is 0 Å². The molecule has 6 heteroatoms. The molecule has 0 saturated heterocycles. The molecule has 1 aromatic rings. The maximum atomic E-state index is 11.0. The van der Waals surface area contributed by atoms with E-state index in [1.165, 1.54) is 11.8 Å². The van der Waals surface area contributed by atoms with Crippen LogP contribution in [-0.4, -0.2) is 21.3 Å².